The molecule has 0 spiro atoms. The molecule has 3 heteroatoms. The highest BCUT2D eigenvalue weighted by Gasteiger charge is 2.20. The summed E-state index contributed by atoms with van der Waals surface area (Å²) in [5, 5.41) is 1.42. The minimum absolute atomic E-state index is 0.230. The number of hydrogen-bond donors (Lipinski definition) is 0. The zero-order valence-electron chi connectivity index (χ0n) is 8.07. The average molecular weight is 321 g/mol. The van der Waals surface area contributed by atoms with Crippen LogP contribution in [-0.4, -0.2) is 6.04 Å². The third-order valence-electron chi connectivity index (χ3n) is 1.94. The molecule has 1 rings (SSSR count). The van der Waals surface area contributed by atoms with E-state index in [1.165, 1.54) is 10.8 Å². The Bertz CT molecular complexity index is 289. The minimum atomic E-state index is -0.699. The van der Waals surface area contributed by atoms with Crippen molar-refractivity contribution in [1.82, 2.24) is 0 Å². The summed E-state index contributed by atoms with van der Waals surface area (Å²) in [5.41, 5.74) is 1.66. The third kappa shape index (κ3) is 2.93. The van der Waals surface area contributed by atoms with Gasteiger partial charge in [-0.3, -0.25) is 0 Å². The van der Waals surface area contributed by atoms with E-state index in [1.54, 1.807) is 0 Å². The molecule has 0 heterocycles. The van der Waals surface area contributed by atoms with Crippen molar-refractivity contribution < 1.29 is 0 Å². The van der Waals surface area contributed by atoms with Crippen molar-refractivity contribution in [3.63, 3.8) is 0 Å². The van der Waals surface area contributed by atoms with Crippen LogP contribution in [0.3, 0.4) is 0 Å². The van der Waals surface area contributed by atoms with Crippen LogP contribution in [-0.2, 0) is 5.41 Å². The first-order chi connectivity index (χ1) is 5.93. The monoisotopic (exact) mass is 319 g/mol. The highest BCUT2D eigenvalue weighted by Crippen LogP contribution is 2.22. The van der Waals surface area contributed by atoms with Gasteiger partial charge in [0.25, 0.3) is 0 Å². The summed E-state index contributed by atoms with van der Waals surface area (Å²) >= 11 is 7.29. The highest BCUT2D eigenvalue weighted by molar-refractivity contribution is 9.49. The summed E-state index contributed by atoms with van der Waals surface area (Å²) in [6.07, 6.45) is 0. The Morgan fingerprint density at radius 2 is 1.62 bits per heavy atom. The summed E-state index contributed by atoms with van der Waals surface area (Å²) in [4.78, 5) is 0. The minimum Gasteiger partial charge on any atom is -0.106 e. The van der Waals surface area contributed by atoms with Crippen molar-refractivity contribution >= 4 is 41.8 Å². The van der Waals surface area contributed by atoms with Crippen LogP contribution in [0.15, 0.2) is 24.3 Å². The molecule has 0 atom stereocenters. The molecule has 1 aromatic carbocycles. The van der Waals surface area contributed by atoms with Gasteiger partial charge in [-0.05, 0) is 16.2 Å². The Hall–Kier alpha value is 0.397. The van der Waals surface area contributed by atoms with Gasteiger partial charge in [-0.25, -0.2) is 0 Å². The van der Waals surface area contributed by atoms with Crippen LogP contribution in [0.25, 0.3) is 0 Å². The first kappa shape index (κ1) is 11.5. The number of benzene rings is 1. The zero-order chi connectivity index (χ0) is 10.1. The molecule has 0 nitrogen and oxygen atoms in total. The molecule has 0 fully saturated rings. The van der Waals surface area contributed by atoms with E-state index in [0.717, 1.165) is 0 Å². The SMILES string of the molecule is CC(C)(C)c1ccccc1[Si](Br)Br. The summed E-state index contributed by atoms with van der Waals surface area (Å²) in [7, 11) is 0. The smallest absolute Gasteiger partial charge is 0.106 e. The zero-order valence-corrected chi connectivity index (χ0v) is 12.2. The molecule has 0 aromatic heterocycles. The molecule has 0 amide bonds. The van der Waals surface area contributed by atoms with Gasteiger partial charge in [-0.1, -0.05) is 45.0 Å². The van der Waals surface area contributed by atoms with Crippen LogP contribution in [0.4, 0.5) is 0 Å². The lowest BCUT2D eigenvalue weighted by Gasteiger charge is -2.22. The predicted octanol–water partition coefficient (Wildman–Crippen LogP) is 3.47. The summed E-state index contributed by atoms with van der Waals surface area (Å²) < 4.78 is 0. The van der Waals surface area contributed by atoms with Gasteiger partial charge in [0.2, 0.25) is 6.04 Å². The molecule has 71 valence electrons. The van der Waals surface area contributed by atoms with E-state index in [4.69, 9.17) is 0 Å². The van der Waals surface area contributed by atoms with Crippen molar-refractivity contribution in [2.45, 2.75) is 26.2 Å². The average Bonchev–Trinajstić information content (AvgIpc) is 2.03. The molecule has 0 N–H and O–H groups in total. The van der Waals surface area contributed by atoms with Crippen molar-refractivity contribution in [2.24, 2.45) is 0 Å². The Labute approximate surface area is 97.5 Å². The molecule has 0 saturated carbocycles. The standard InChI is InChI=1S/C10H13Br2Si/c1-10(2,3)8-6-4-5-7-9(8)13(11)12/h4-7H,1-3H3. The van der Waals surface area contributed by atoms with Crippen LogP contribution in [0.5, 0.6) is 0 Å². The fraction of sp³-hybridized carbons (Fsp3) is 0.400. The Balaban J connectivity index is 3.20. The van der Waals surface area contributed by atoms with Crippen LogP contribution in [0.1, 0.15) is 26.3 Å². The molecule has 0 unspecified atom stereocenters. The second kappa shape index (κ2) is 4.28. The number of halogens is 2. The van der Waals surface area contributed by atoms with Crippen LogP contribution in [0.2, 0.25) is 0 Å². The lowest BCUT2D eigenvalue weighted by molar-refractivity contribution is 0.594. The van der Waals surface area contributed by atoms with E-state index in [-0.39, 0.29) is 5.41 Å². The first-order valence-electron chi connectivity index (χ1n) is 4.21. The lowest BCUT2D eigenvalue weighted by Crippen LogP contribution is -2.29. The van der Waals surface area contributed by atoms with Gasteiger partial charge in [0.05, 0.1) is 0 Å². The predicted molar refractivity (Wildman–Crippen MR) is 68.4 cm³/mol. The van der Waals surface area contributed by atoms with E-state index < -0.39 is 6.04 Å². The second-order valence-electron chi connectivity index (χ2n) is 4.06. The molecular formula is C10H13Br2Si. The number of rotatable bonds is 1. The molecular weight excluding hydrogens is 308 g/mol. The van der Waals surface area contributed by atoms with Gasteiger partial charge < -0.3 is 0 Å². The Kier molecular flexibility index (Phi) is 3.78. The summed E-state index contributed by atoms with van der Waals surface area (Å²) in [5.74, 6) is 0. The van der Waals surface area contributed by atoms with E-state index in [9.17, 15) is 0 Å². The van der Waals surface area contributed by atoms with Crippen molar-refractivity contribution in [2.75, 3.05) is 0 Å². The van der Waals surface area contributed by atoms with E-state index in [0.29, 0.717) is 0 Å². The topological polar surface area (TPSA) is 0 Å². The van der Waals surface area contributed by atoms with Gasteiger partial charge in [-0.15, -0.1) is 30.6 Å². The van der Waals surface area contributed by atoms with Crippen LogP contribution in [0, 0.1) is 0 Å². The molecule has 0 bridgehead atoms. The van der Waals surface area contributed by atoms with Crippen molar-refractivity contribution in [1.29, 1.82) is 0 Å². The second-order valence-corrected chi connectivity index (χ2v) is 13.1. The molecule has 1 aromatic rings. The summed E-state index contributed by atoms with van der Waals surface area (Å²) in [6, 6.07) is 7.91. The normalized spacial score (nSPS) is 12.2. The Morgan fingerprint density at radius 1 is 1.08 bits per heavy atom. The van der Waals surface area contributed by atoms with E-state index in [2.05, 4.69) is 75.6 Å². The van der Waals surface area contributed by atoms with Gasteiger partial charge in [0.1, 0.15) is 0 Å². The molecule has 1 radical (unpaired) electrons. The van der Waals surface area contributed by atoms with E-state index >= 15 is 0 Å². The lowest BCUT2D eigenvalue weighted by atomic mass is 9.87. The largest absolute Gasteiger partial charge is 0.249 e. The van der Waals surface area contributed by atoms with E-state index in [1.807, 2.05) is 0 Å². The van der Waals surface area contributed by atoms with Crippen LogP contribution >= 0.6 is 30.6 Å². The maximum atomic E-state index is 3.64. The molecule has 0 saturated heterocycles. The van der Waals surface area contributed by atoms with Crippen molar-refractivity contribution in [3.8, 4) is 0 Å². The van der Waals surface area contributed by atoms with Gasteiger partial charge >= 0.3 is 0 Å². The van der Waals surface area contributed by atoms with Gasteiger partial charge in [0, 0.05) is 0 Å². The molecule has 13 heavy (non-hydrogen) atoms. The number of hydrogen-bond acceptors (Lipinski definition) is 0. The van der Waals surface area contributed by atoms with Gasteiger partial charge in [0.15, 0.2) is 0 Å². The molecule has 0 aliphatic carbocycles. The molecule has 0 aliphatic rings. The molecule has 0 aliphatic heterocycles. The maximum absolute atomic E-state index is 3.64. The fourth-order valence-electron chi connectivity index (χ4n) is 1.30. The third-order valence-corrected chi connectivity index (χ3v) is 5.34. The van der Waals surface area contributed by atoms with Crippen molar-refractivity contribution in [3.05, 3.63) is 29.8 Å². The Morgan fingerprint density at radius 3 is 2.00 bits per heavy atom. The highest BCUT2D eigenvalue weighted by atomic mass is 79.9. The summed E-state index contributed by atoms with van der Waals surface area (Å²) in [6.45, 7) is 6.74. The van der Waals surface area contributed by atoms with Crippen LogP contribution < -0.4 is 5.19 Å². The van der Waals surface area contributed by atoms with Gasteiger partial charge in [-0.2, -0.15) is 0 Å². The fourth-order valence-corrected chi connectivity index (χ4v) is 4.26. The maximum Gasteiger partial charge on any atom is 0.249 e. The first-order valence-corrected chi connectivity index (χ1v) is 10.2. The quantitative estimate of drug-likeness (QED) is 0.549.